The van der Waals surface area contributed by atoms with Gasteiger partial charge in [-0.25, -0.2) is 22.7 Å². The summed E-state index contributed by atoms with van der Waals surface area (Å²) in [5.41, 5.74) is 1.59. The van der Waals surface area contributed by atoms with E-state index in [2.05, 4.69) is 0 Å². The lowest BCUT2D eigenvalue weighted by Gasteiger charge is -2.27. The summed E-state index contributed by atoms with van der Waals surface area (Å²) in [5, 5.41) is 8.89. The number of fused-ring (bicyclic) bond motifs is 1. The van der Waals surface area contributed by atoms with Crippen molar-refractivity contribution in [2.75, 3.05) is 12.8 Å². The Bertz CT molecular complexity index is 1140. The number of nitrogens with one attached hydrogen (secondary N) is 1. The van der Waals surface area contributed by atoms with Crippen LogP contribution in [0.1, 0.15) is 29.3 Å². The molecule has 2 amide bonds. The molecule has 0 aromatic heterocycles. The lowest BCUT2D eigenvalue weighted by atomic mass is 9.99. The van der Waals surface area contributed by atoms with Crippen molar-refractivity contribution in [3.05, 3.63) is 59.2 Å². The van der Waals surface area contributed by atoms with Crippen molar-refractivity contribution in [1.29, 1.82) is 0 Å². The summed E-state index contributed by atoms with van der Waals surface area (Å²) in [6.07, 6.45) is 0.545. The Labute approximate surface area is 172 Å². The number of nitrogens with zero attached hydrogens (tertiary/aromatic N) is 1. The summed E-state index contributed by atoms with van der Waals surface area (Å²) in [6.45, 7) is 0.820. The fraction of sp³-hybridized carbons (Fsp3) is 0.300. The number of carbonyl (C=O) groups excluding carboxylic acids is 2. The van der Waals surface area contributed by atoms with Crippen molar-refractivity contribution in [2.45, 2.75) is 24.6 Å². The number of rotatable bonds is 6. The molecule has 0 radical (unpaired) electrons. The highest BCUT2D eigenvalue weighted by Crippen LogP contribution is 2.34. The number of hydroxylamine groups is 1. The zero-order valence-electron chi connectivity index (χ0n) is 16.3. The number of halogens is 2. The van der Waals surface area contributed by atoms with Crippen LogP contribution in [0, 0.1) is 11.6 Å². The van der Waals surface area contributed by atoms with E-state index in [9.17, 15) is 22.4 Å². The van der Waals surface area contributed by atoms with E-state index in [1.54, 1.807) is 6.07 Å². The number of amides is 2. The van der Waals surface area contributed by atoms with Gasteiger partial charge in [0.05, 0.1) is 0 Å². The van der Waals surface area contributed by atoms with Crippen LogP contribution in [0.25, 0.3) is 11.1 Å². The third kappa shape index (κ3) is 3.56. The lowest BCUT2D eigenvalue weighted by Crippen LogP contribution is -2.50. The quantitative estimate of drug-likeness (QED) is 0.532. The minimum absolute atomic E-state index is 0.0159. The molecule has 0 aliphatic carbocycles. The van der Waals surface area contributed by atoms with E-state index < -0.39 is 38.0 Å². The first kappa shape index (κ1) is 21.8. The van der Waals surface area contributed by atoms with Crippen molar-refractivity contribution in [1.82, 2.24) is 10.4 Å². The third-order valence-corrected chi connectivity index (χ3v) is 7.56. The fourth-order valence-electron chi connectivity index (χ4n) is 3.41. The SMILES string of the molecule is CC(CCN1Cc2c(ccc(-c3ccccc3F)c2F)C1=O)(C(=O)NO)S(C)(=O)=O. The van der Waals surface area contributed by atoms with Crippen molar-refractivity contribution in [3.63, 3.8) is 0 Å². The summed E-state index contributed by atoms with van der Waals surface area (Å²) < 4.78 is 51.3. The molecule has 2 aromatic carbocycles. The largest absolute Gasteiger partial charge is 0.334 e. The van der Waals surface area contributed by atoms with Crippen molar-refractivity contribution in [3.8, 4) is 11.1 Å². The van der Waals surface area contributed by atoms with Gasteiger partial charge in [0.15, 0.2) is 14.6 Å². The van der Waals surface area contributed by atoms with Gasteiger partial charge in [0, 0.05) is 41.6 Å². The van der Waals surface area contributed by atoms with E-state index in [1.165, 1.54) is 40.7 Å². The molecule has 0 spiro atoms. The van der Waals surface area contributed by atoms with Crippen LogP contribution in [0.5, 0.6) is 0 Å². The highest BCUT2D eigenvalue weighted by Gasteiger charge is 2.44. The van der Waals surface area contributed by atoms with Gasteiger partial charge in [0.1, 0.15) is 11.6 Å². The zero-order valence-corrected chi connectivity index (χ0v) is 17.1. The number of hydrogen-bond acceptors (Lipinski definition) is 5. The van der Waals surface area contributed by atoms with Crippen LogP contribution in [0.2, 0.25) is 0 Å². The van der Waals surface area contributed by atoms with E-state index in [4.69, 9.17) is 5.21 Å². The summed E-state index contributed by atoms with van der Waals surface area (Å²) in [5.74, 6) is -2.98. The molecule has 1 heterocycles. The Hall–Kier alpha value is -2.85. The van der Waals surface area contributed by atoms with Crippen LogP contribution in [-0.4, -0.2) is 47.9 Å². The van der Waals surface area contributed by atoms with Crippen molar-refractivity contribution >= 4 is 21.7 Å². The predicted octanol–water partition coefficient (Wildman–Crippen LogP) is 2.29. The van der Waals surface area contributed by atoms with E-state index in [0.717, 1.165) is 13.2 Å². The maximum Gasteiger partial charge on any atom is 0.264 e. The summed E-state index contributed by atoms with van der Waals surface area (Å²) in [4.78, 5) is 25.8. The van der Waals surface area contributed by atoms with Crippen LogP contribution >= 0.6 is 0 Å². The fourth-order valence-corrected chi connectivity index (χ4v) is 4.26. The monoisotopic (exact) mass is 438 g/mol. The van der Waals surface area contributed by atoms with Gasteiger partial charge in [-0.1, -0.05) is 24.3 Å². The lowest BCUT2D eigenvalue weighted by molar-refractivity contribution is -0.131. The molecule has 30 heavy (non-hydrogen) atoms. The molecule has 1 atom stereocenters. The second-order valence-corrected chi connectivity index (χ2v) is 9.80. The molecule has 0 fully saturated rings. The van der Waals surface area contributed by atoms with Gasteiger partial charge in [-0.2, -0.15) is 0 Å². The van der Waals surface area contributed by atoms with E-state index >= 15 is 4.39 Å². The minimum atomic E-state index is -3.93. The van der Waals surface area contributed by atoms with E-state index in [-0.39, 0.29) is 41.8 Å². The predicted molar refractivity (Wildman–Crippen MR) is 104 cm³/mol. The van der Waals surface area contributed by atoms with Gasteiger partial charge in [-0.05, 0) is 25.5 Å². The first-order valence-electron chi connectivity index (χ1n) is 9.01. The van der Waals surface area contributed by atoms with E-state index in [0.29, 0.717) is 0 Å². The summed E-state index contributed by atoms with van der Waals surface area (Å²) in [7, 11) is -3.93. The highest BCUT2D eigenvalue weighted by atomic mass is 32.2. The standard InChI is InChI=1S/C20H20F2N2O5S/c1-20(19(26)23-27,30(2,28)29)9-10-24-11-15-14(18(24)25)8-7-13(17(15)22)12-5-3-4-6-16(12)21/h3-8,27H,9-11H2,1-2H3,(H,23,26). The van der Waals surface area contributed by atoms with Crippen LogP contribution in [0.4, 0.5) is 8.78 Å². The molecule has 2 aromatic rings. The van der Waals surface area contributed by atoms with Crippen molar-refractivity contribution < 1.29 is 32.0 Å². The van der Waals surface area contributed by atoms with Gasteiger partial charge in [0.25, 0.3) is 11.8 Å². The third-order valence-electron chi connectivity index (χ3n) is 5.53. The molecule has 2 N–H and O–H groups in total. The van der Waals surface area contributed by atoms with Gasteiger partial charge in [-0.3, -0.25) is 14.8 Å². The Kier molecular flexibility index (Phi) is 5.66. The number of sulfone groups is 1. The average molecular weight is 438 g/mol. The molecule has 1 aliphatic rings. The second-order valence-electron chi connectivity index (χ2n) is 7.35. The Morgan fingerprint density at radius 3 is 2.40 bits per heavy atom. The van der Waals surface area contributed by atoms with Gasteiger partial charge < -0.3 is 4.90 Å². The normalized spacial score (nSPS) is 15.6. The molecule has 1 unspecified atom stereocenters. The highest BCUT2D eigenvalue weighted by molar-refractivity contribution is 7.92. The van der Waals surface area contributed by atoms with Crippen LogP contribution in [-0.2, 0) is 21.2 Å². The maximum absolute atomic E-state index is 15.1. The van der Waals surface area contributed by atoms with Crippen LogP contribution in [0.15, 0.2) is 36.4 Å². The van der Waals surface area contributed by atoms with Gasteiger partial charge in [0.2, 0.25) is 0 Å². The Balaban J connectivity index is 1.89. The summed E-state index contributed by atoms with van der Waals surface area (Å²) >= 11 is 0. The second kappa shape index (κ2) is 7.77. The number of carbonyl (C=O) groups is 2. The Morgan fingerprint density at radius 2 is 1.80 bits per heavy atom. The molecule has 0 saturated heterocycles. The van der Waals surface area contributed by atoms with Gasteiger partial charge >= 0.3 is 0 Å². The number of hydrogen-bond donors (Lipinski definition) is 2. The molecule has 1 aliphatic heterocycles. The molecule has 160 valence electrons. The molecule has 3 rings (SSSR count). The van der Waals surface area contributed by atoms with Crippen LogP contribution < -0.4 is 5.48 Å². The summed E-state index contributed by atoms with van der Waals surface area (Å²) in [6, 6.07) is 8.42. The van der Waals surface area contributed by atoms with E-state index in [1.807, 2.05) is 0 Å². The van der Waals surface area contributed by atoms with Crippen molar-refractivity contribution in [2.24, 2.45) is 0 Å². The van der Waals surface area contributed by atoms with Crippen LogP contribution in [0.3, 0.4) is 0 Å². The number of benzene rings is 2. The topological polar surface area (TPSA) is 104 Å². The first-order chi connectivity index (χ1) is 14.0. The maximum atomic E-state index is 15.1. The smallest absolute Gasteiger partial charge is 0.264 e. The zero-order chi connectivity index (χ0) is 22.3. The molecule has 7 nitrogen and oxygen atoms in total. The molecular formula is C20H20F2N2O5S. The molecule has 10 heteroatoms. The molecule has 0 bridgehead atoms. The molecular weight excluding hydrogens is 418 g/mol. The van der Waals surface area contributed by atoms with Gasteiger partial charge in [-0.15, -0.1) is 0 Å². The minimum Gasteiger partial charge on any atom is -0.334 e. The molecule has 0 saturated carbocycles. The first-order valence-corrected chi connectivity index (χ1v) is 10.9. The Morgan fingerprint density at radius 1 is 1.17 bits per heavy atom. The average Bonchev–Trinajstić information content (AvgIpc) is 3.02.